The van der Waals surface area contributed by atoms with Gasteiger partial charge >= 0.3 is 5.95 Å². The molecule has 0 radical (unpaired) electrons. The van der Waals surface area contributed by atoms with Crippen LogP contribution in [-0.4, -0.2) is 54.0 Å². The van der Waals surface area contributed by atoms with Gasteiger partial charge in [0.1, 0.15) is 12.0 Å². The monoisotopic (exact) mass is 462 g/mol. The Bertz CT molecular complexity index is 1080. The molecule has 2 aromatic heterocycles. The number of nitrogens with one attached hydrogen (secondary N) is 2. The maximum atomic E-state index is 5.43. The molecule has 0 bridgehead atoms. The number of quaternary nitrogens is 1. The molecule has 1 fully saturated rings. The van der Waals surface area contributed by atoms with E-state index in [1.165, 1.54) is 5.56 Å². The number of benzene rings is 1. The first kappa shape index (κ1) is 23.7. The number of rotatable bonds is 9. The number of nitrogens with zero attached hydrogens (tertiary/aromatic N) is 5. The van der Waals surface area contributed by atoms with Crippen LogP contribution < -0.4 is 26.9 Å². The summed E-state index contributed by atoms with van der Waals surface area (Å²) in [5.41, 5.74) is 9.31. The van der Waals surface area contributed by atoms with Crippen LogP contribution >= 0.6 is 0 Å². The van der Waals surface area contributed by atoms with E-state index < -0.39 is 0 Å². The molecular weight excluding hydrogens is 430 g/mol. The first-order chi connectivity index (χ1) is 16.6. The fourth-order valence-corrected chi connectivity index (χ4v) is 3.70. The molecule has 3 heterocycles. The Labute approximate surface area is 199 Å². The predicted molar refractivity (Wildman–Crippen MR) is 134 cm³/mol. The van der Waals surface area contributed by atoms with Crippen molar-refractivity contribution in [3.63, 3.8) is 0 Å². The average molecular weight is 463 g/mol. The van der Waals surface area contributed by atoms with Crippen LogP contribution in [0.15, 0.2) is 53.9 Å². The Morgan fingerprint density at radius 3 is 2.59 bits per heavy atom. The van der Waals surface area contributed by atoms with Gasteiger partial charge in [0.2, 0.25) is 0 Å². The van der Waals surface area contributed by atoms with E-state index in [-0.39, 0.29) is 0 Å². The quantitative estimate of drug-likeness (QED) is 0.214. The summed E-state index contributed by atoms with van der Waals surface area (Å²) in [4.78, 5) is 15.7. The maximum absolute atomic E-state index is 5.43. The van der Waals surface area contributed by atoms with Gasteiger partial charge in [-0.15, -0.1) is 0 Å². The first-order valence-electron chi connectivity index (χ1n) is 11.4. The van der Waals surface area contributed by atoms with Crippen molar-refractivity contribution < 1.29 is 10.2 Å². The number of morpholine rings is 1. The normalized spacial score (nSPS) is 15.0. The van der Waals surface area contributed by atoms with Gasteiger partial charge < -0.3 is 15.0 Å². The van der Waals surface area contributed by atoms with Gasteiger partial charge in [-0.2, -0.15) is 15.4 Å². The molecule has 10 nitrogen and oxygen atoms in total. The number of hydrazine groups is 1. The molecule has 0 spiro atoms. The smallest absolute Gasteiger partial charge is 0.354 e. The van der Waals surface area contributed by atoms with Crippen LogP contribution in [0, 0.1) is 6.92 Å². The molecule has 1 aromatic carbocycles. The van der Waals surface area contributed by atoms with Gasteiger partial charge in [0.25, 0.3) is 0 Å². The maximum Gasteiger partial charge on any atom is 0.354 e. The van der Waals surface area contributed by atoms with E-state index in [1.807, 2.05) is 25.3 Å². The molecule has 0 saturated carbocycles. The minimum atomic E-state index is 0.354. The largest absolute Gasteiger partial charge is 0.378 e. The number of hydrogen-bond donors (Lipinski definition) is 4. The Morgan fingerprint density at radius 1 is 1.12 bits per heavy atom. The molecule has 10 heteroatoms. The van der Waals surface area contributed by atoms with Crippen LogP contribution in [-0.2, 0) is 4.74 Å². The molecule has 1 atom stereocenters. The van der Waals surface area contributed by atoms with Crippen LogP contribution in [0.4, 0.5) is 23.1 Å². The molecule has 1 unspecified atom stereocenters. The molecule has 1 aliphatic heterocycles. The van der Waals surface area contributed by atoms with Gasteiger partial charge in [0.05, 0.1) is 30.8 Å². The number of ether oxygens (including phenoxy) is 1. The molecule has 4 rings (SSSR count). The summed E-state index contributed by atoms with van der Waals surface area (Å²) in [6.45, 7) is 7.99. The van der Waals surface area contributed by atoms with Gasteiger partial charge in [-0.05, 0) is 42.7 Å². The Hall–Kier alpha value is -3.44. The Morgan fingerprint density at radius 2 is 1.88 bits per heavy atom. The molecule has 178 valence electrons. The fraction of sp³-hybridized carbons (Fsp3) is 0.333. The summed E-state index contributed by atoms with van der Waals surface area (Å²) in [5.74, 6) is 7.28. The fourth-order valence-electron chi connectivity index (χ4n) is 3.70. The second-order valence-corrected chi connectivity index (χ2v) is 8.27. The second-order valence-electron chi connectivity index (χ2n) is 8.27. The van der Waals surface area contributed by atoms with Crippen molar-refractivity contribution in [2.75, 3.05) is 43.1 Å². The van der Waals surface area contributed by atoms with Crippen molar-refractivity contribution in [2.45, 2.75) is 19.8 Å². The third kappa shape index (κ3) is 6.33. The van der Waals surface area contributed by atoms with Gasteiger partial charge in [-0.3, -0.25) is 16.3 Å². The highest BCUT2D eigenvalue weighted by molar-refractivity contribution is 5.77. The molecular formula is C24H32N9O+. The zero-order valence-electron chi connectivity index (χ0n) is 19.6. The lowest BCUT2D eigenvalue weighted by molar-refractivity contribution is -0.584. The van der Waals surface area contributed by atoms with Crippen molar-refractivity contribution in [1.82, 2.24) is 20.4 Å². The summed E-state index contributed by atoms with van der Waals surface area (Å²) < 4.78 is 5.43. The van der Waals surface area contributed by atoms with Crippen LogP contribution in [0.25, 0.3) is 0 Å². The van der Waals surface area contributed by atoms with E-state index >= 15 is 0 Å². The molecule has 1 aliphatic rings. The highest BCUT2D eigenvalue weighted by atomic mass is 16.5. The number of anilines is 3. The number of pyridine rings is 1. The zero-order valence-corrected chi connectivity index (χ0v) is 19.6. The van der Waals surface area contributed by atoms with E-state index in [4.69, 9.17) is 10.6 Å². The average Bonchev–Trinajstić information content (AvgIpc) is 2.87. The molecule has 0 aliphatic carbocycles. The van der Waals surface area contributed by atoms with Crippen LogP contribution in [0.1, 0.15) is 29.7 Å². The van der Waals surface area contributed by atoms with Crippen molar-refractivity contribution in [1.29, 1.82) is 0 Å². The van der Waals surface area contributed by atoms with Crippen molar-refractivity contribution >= 4 is 29.4 Å². The summed E-state index contributed by atoms with van der Waals surface area (Å²) in [7, 11) is 0. The first-order valence-corrected chi connectivity index (χ1v) is 11.4. The second kappa shape index (κ2) is 11.6. The highest BCUT2D eigenvalue weighted by Crippen LogP contribution is 2.20. The van der Waals surface area contributed by atoms with Crippen molar-refractivity contribution in [3.8, 4) is 0 Å². The van der Waals surface area contributed by atoms with Crippen molar-refractivity contribution in [2.24, 2.45) is 10.9 Å². The predicted octanol–water partition coefficient (Wildman–Crippen LogP) is 1.56. The Balaban J connectivity index is 1.32. The number of aryl methyl sites for hydroxylation is 1. The van der Waals surface area contributed by atoms with E-state index in [0.717, 1.165) is 48.1 Å². The lowest BCUT2D eigenvalue weighted by atomic mass is 10.0. The molecule has 6 N–H and O–H groups in total. The molecule has 1 saturated heterocycles. The lowest BCUT2D eigenvalue weighted by Gasteiger charge is -2.28. The number of hydrogen-bond acceptors (Lipinski definition) is 9. The van der Waals surface area contributed by atoms with E-state index in [2.05, 4.69) is 66.9 Å². The molecule has 0 amide bonds. The van der Waals surface area contributed by atoms with Crippen LogP contribution in [0.5, 0.6) is 0 Å². The van der Waals surface area contributed by atoms with E-state index in [0.29, 0.717) is 25.1 Å². The zero-order chi connectivity index (χ0) is 23.8. The van der Waals surface area contributed by atoms with Crippen LogP contribution in [0.3, 0.4) is 0 Å². The van der Waals surface area contributed by atoms with Gasteiger partial charge in [0, 0.05) is 37.1 Å². The highest BCUT2D eigenvalue weighted by Gasteiger charge is 2.16. The molecule has 34 heavy (non-hydrogen) atoms. The van der Waals surface area contributed by atoms with Crippen LogP contribution in [0.2, 0.25) is 0 Å². The van der Waals surface area contributed by atoms with E-state index in [9.17, 15) is 0 Å². The Kier molecular flexibility index (Phi) is 8.10. The van der Waals surface area contributed by atoms with Gasteiger partial charge in [-0.1, -0.05) is 24.2 Å². The number of nitrogens with two attached hydrogens (primary N) is 2. The third-order valence-electron chi connectivity index (χ3n) is 5.65. The van der Waals surface area contributed by atoms with Crippen molar-refractivity contribution in [3.05, 3.63) is 65.6 Å². The minimum Gasteiger partial charge on any atom is -0.378 e. The van der Waals surface area contributed by atoms with Gasteiger partial charge in [0.15, 0.2) is 0 Å². The summed E-state index contributed by atoms with van der Waals surface area (Å²) in [5, 5.41) is 7.73. The number of aromatic nitrogens is 3. The summed E-state index contributed by atoms with van der Waals surface area (Å²) >= 11 is 0. The lowest BCUT2D eigenvalue weighted by Crippen LogP contribution is -2.72. The third-order valence-corrected chi connectivity index (χ3v) is 5.65. The standard InChI is InChI=1S/C24H31N9O/c1-17(14-28-25)19-3-5-20(6-4-19)30-22-8-7-21(26-15-22)16-29-32-24-27-13-18(2)23(31-24)33-9-11-34-12-10-33/h3-8,13,15-17,28,30H,9-12,14,25H2,1-2H3,(H,27,31,32)/p+1/b29-16+. The SMILES string of the molecule is Cc1cnc([NH2+]/N=C/c2ccc(Nc3ccc(C(C)CNN)cc3)cn2)nc1N1CCOCC1. The van der Waals surface area contributed by atoms with Gasteiger partial charge in [-0.25, -0.2) is 0 Å². The topological polar surface area (TPSA) is 130 Å². The minimum absolute atomic E-state index is 0.354. The summed E-state index contributed by atoms with van der Waals surface area (Å²) in [6, 6.07) is 12.2. The molecule has 3 aromatic rings. The summed E-state index contributed by atoms with van der Waals surface area (Å²) in [6.07, 6.45) is 5.32. The van der Waals surface area contributed by atoms with E-state index in [1.54, 1.807) is 17.8 Å².